The molecule has 1 fully saturated rings. The molecule has 28 heavy (non-hydrogen) atoms. The lowest BCUT2D eigenvalue weighted by Gasteiger charge is -2.33. The number of anilines is 1. The van der Waals surface area contributed by atoms with Crippen LogP contribution in [0.25, 0.3) is 21.8 Å². The van der Waals surface area contributed by atoms with Gasteiger partial charge >= 0.3 is 12.3 Å². The molecule has 1 aliphatic rings. The van der Waals surface area contributed by atoms with Gasteiger partial charge in [0.2, 0.25) is 0 Å². The van der Waals surface area contributed by atoms with Crippen molar-refractivity contribution in [1.82, 2.24) is 20.3 Å². The summed E-state index contributed by atoms with van der Waals surface area (Å²) < 4.78 is 41.9. The average molecular weight is 393 g/mol. The number of carbonyl (C=O) groups is 1. The Labute approximate surface area is 157 Å². The largest absolute Gasteiger partial charge is 0.444 e. The second-order valence-electron chi connectivity index (χ2n) is 6.68. The van der Waals surface area contributed by atoms with E-state index < -0.39 is 24.9 Å². The summed E-state index contributed by atoms with van der Waals surface area (Å²) in [6.45, 7) is -0.338. The molecule has 1 aliphatic heterocycles. The van der Waals surface area contributed by atoms with Crippen LogP contribution in [0, 0.1) is 0 Å². The summed E-state index contributed by atoms with van der Waals surface area (Å²) in [5.74, 6) is 0.744. The van der Waals surface area contributed by atoms with E-state index in [1.54, 1.807) is 23.9 Å². The van der Waals surface area contributed by atoms with Crippen LogP contribution in [0.5, 0.6) is 0 Å². The first-order chi connectivity index (χ1) is 13.4. The number of carbonyl (C=O) groups excluding carboxylic acids is 1. The molecule has 1 saturated heterocycles. The number of nitrogens with one attached hydrogen (secondary N) is 2. The summed E-state index contributed by atoms with van der Waals surface area (Å²) in [6.07, 6.45) is 0.537. The molecule has 1 amide bonds. The fourth-order valence-corrected chi connectivity index (χ4v) is 3.48. The Morgan fingerprint density at radius 2 is 2.21 bits per heavy atom. The van der Waals surface area contributed by atoms with E-state index in [2.05, 4.69) is 15.0 Å². The maximum absolute atomic E-state index is 12.2. The van der Waals surface area contributed by atoms with Crippen LogP contribution in [0.2, 0.25) is 0 Å². The Hall–Kier alpha value is -3.04. The highest BCUT2D eigenvalue weighted by Crippen LogP contribution is 2.32. The maximum Gasteiger partial charge on any atom is 0.407 e. The Kier molecular flexibility index (Phi) is 4.70. The van der Waals surface area contributed by atoms with E-state index in [9.17, 15) is 18.0 Å². The fraction of sp³-hybridized carbons (Fsp3) is 0.389. The van der Waals surface area contributed by atoms with Crippen molar-refractivity contribution < 1.29 is 22.7 Å². The van der Waals surface area contributed by atoms with Crippen LogP contribution >= 0.6 is 0 Å². The lowest BCUT2D eigenvalue weighted by Crippen LogP contribution is -2.43. The highest BCUT2D eigenvalue weighted by Gasteiger charge is 2.30. The zero-order valence-electron chi connectivity index (χ0n) is 14.8. The van der Waals surface area contributed by atoms with Crippen LogP contribution in [0.1, 0.15) is 12.8 Å². The Morgan fingerprint density at radius 1 is 1.36 bits per heavy atom. The highest BCUT2D eigenvalue weighted by atomic mass is 19.4. The first-order valence-corrected chi connectivity index (χ1v) is 8.88. The molecule has 2 N–H and O–H groups in total. The van der Waals surface area contributed by atoms with Gasteiger partial charge in [0.1, 0.15) is 24.1 Å². The third kappa shape index (κ3) is 3.80. The zero-order valence-corrected chi connectivity index (χ0v) is 14.8. The molecular weight excluding hydrogens is 375 g/mol. The van der Waals surface area contributed by atoms with Crippen LogP contribution in [0.15, 0.2) is 30.7 Å². The van der Waals surface area contributed by atoms with Crippen LogP contribution in [0.4, 0.5) is 23.8 Å². The van der Waals surface area contributed by atoms with Gasteiger partial charge in [-0.25, -0.2) is 14.8 Å². The smallest absolute Gasteiger partial charge is 0.407 e. The molecule has 0 radical (unpaired) electrons. The number of nitrogens with zero attached hydrogens (tertiary/aromatic N) is 3. The van der Waals surface area contributed by atoms with Crippen molar-refractivity contribution in [2.24, 2.45) is 0 Å². The average Bonchev–Trinajstić information content (AvgIpc) is 3.15. The summed E-state index contributed by atoms with van der Waals surface area (Å²) in [5.41, 5.74) is 0.748. The van der Waals surface area contributed by atoms with Crippen molar-refractivity contribution in [3.8, 4) is 0 Å². The molecule has 0 saturated carbocycles. The van der Waals surface area contributed by atoms with Crippen LogP contribution in [0.3, 0.4) is 0 Å². The predicted octanol–water partition coefficient (Wildman–Crippen LogP) is 3.37. The fourth-order valence-electron chi connectivity index (χ4n) is 3.48. The topological polar surface area (TPSA) is 83.1 Å². The molecule has 0 spiro atoms. The number of aromatic amines is 1. The molecule has 1 atom stereocenters. The normalized spacial score (nSPS) is 17.8. The molecule has 4 rings (SSSR count). The van der Waals surface area contributed by atoms with Crippen molar-refractivity contribution in [3.63, 3.8) is 0 Å². The zero-order chi connectivity index (χ0) is 19.7. The van der Waals surface area contributed by atoms with E-state index in [-0.39, 0.29) is 0 Å². The molecule has 3 aromatic rings. The minimum absolute atomic E-state index is 0.361. The molecule has 0 bridgehead atoms. The van der Waals surface area contributed by atoms with E-state index in [1.165, 1.54) is 0 Å². The van der Waals surface area contributed by atoms with Crippen LogP contribution in [-0.4, -0.2) is 53.0 Å². The number of rotatable bonds is 3. The van der Waals surface area contributed by atoms with Crippen molar-refractivity contribution in [2.45, 2.75) is 25.1 Å². The number of amides is 1. The number of H-pyrrole nitrogens is 1. The SMILES string of the molecule is O=C(NCC(F)(F)F)OC1CCCN(c2nccc3cnc4[nH]ccc4c23)C1. The first kappa shape index (κ1) is 18.3. The molecular formula is C18H18F3N5O2. The summed E-state index contributed by atoms with van der Waals surface area (Å²) in [4.78, 5) is 25.7. The summed E-state index contributed by atoms with van der Waals surface area (Å²) in [5, 5.41) is 4.55. The quantitative estimate of drug-likeness (QED) is 0.713. The molecule has 0 aromatic carbocycles. The van der Waals surface area contributed by atoms with Crippen LogP contribution in [-0.2, 0) is 4.74 Å². The standard InChI is InChI=1S/C18H18F3N5O2/c19-18(20,21)10-25-17(27)28-12-2-1-7-26(9-12)16-14-11(3-5-23-16)8-24-15-13(14)4-6-22-15/h3-6,8,12H,1-2,7,9-10H2,(H,22,24)(H,25,27). The van der Waals surface area contributed by atoms with Crippen LogP contribution < -0.4 is 10.2 Å². The first-order valence-electron chi connectivity index (χ1n) is 8.88. The van der Waals surface area contributed by atoms with E-state index in [1.807, 2.05) is 17.0 Å². The van der Waals surface area contributed by atoms with Crippen molar-refractivity contribution >= 4 is 33.7 Å². The number of aromatic nitrogens is 3. The van der Waals surface area contributed by atoms with Gasteiger partial charge in [-0.15, -0.1) is 0 Å². The number of ether oxygens (including phenoxy) is 1. The lowest BCUT2D eigenvalue weighted by atomic mass is 10.1. The van der Waals surface area contributed by atoms with E-state index in [0.29, 0.717) is 19.5 Å². The van der Waals surface area contributed by atoms with Gasteiger partial charge in [-0.05, 0) is 25.0 Å². The molecule has 1 unspecified atom stereocenters. The van der Waals surface area contributed by atoms with Gasteiger partial charge < -0.3 is 19.9 Å². The Bertz CT molecular complexity index is 1000. The van der Waals surface area contributed by atoms with E-state index in [0.717, 1.165) is 34.0 Å². The van der Waals surface area contributed by atoms with Gasteiger partial charge in [0, 0.05) is 41.3 Å². The van der Waals surface area contributed by atoms with Crippen molar-refractivity contribution in [2.75, 3.05) is 24.5 Å². The van der Waals surface area contributed by atoms with E-state index >= 15 is 0 Å². The number of halogens is 3. The van der Waals surface area contributed by atoms with E-state index in [4.69, 9.17) is 4.74 Å². The summed E-state index contributed by atoms with van der Waals surface area (Å²) >= 11 is 0. The third-order valence-electron chi connectivity index (χ3n) is 4.68. The minimum atomic E-state index is -4.47. The number of piperidine rings is 1. The number of pyridine rings is 2. The Morgan fingerprint density at radius 3 is 3.04 bits per heavy atom. The molecule has 10 heteroatoms. The predicted molar refractivity (Wildman–Crippen MR) is 97.2 cm³/mol. The van der Waals surface area contributed by atoms with Gasteiger partial charge in [0.05, 0.1) is 6.54 Å². The second kappa shape index (κ2) is 7.17. The minimum Gasteiger partial charge on any atom is -0.444 e. The molecule has 4 heterocycles. The summed E-state index contributed by atoms with van der Waals surface area (Å²) in [6, 6.07) is 3.80. The third-order valence-corrected chi connectivity index (χ3v) is 4.68. The highest BCUT2D eigenvalue weighted by molar-refractivity contribution is 6.10. The number of hydrogen-bond donors (Lipinski definition) is 2. The number of fused-ring (bicyclic) bond motifs is 3. The maximum atomic E-state index is 12.2. The van der Waals surface area contributed by atoms with Gasteiger partial charge in [-0.1, -0.05) is 0 Å². The molecule has 3 aromatic heterocycles. The monoisotopic (exact) mass is 393 g/mol. The number of alkyl halides is 3. The molecule has 148 valence electrons. The summed E-state index contributed by atoms with van der Waals surface area (Å²) in [7, 11) is 0. The van der Waals surface area contributed by atoms with Gasteiger partial charge in [0.15, 0.2) is 0 Å². The lowest BCUT2D eigenvalue weighted by molar-refractivity contribution is -0.124. The molecule has 0 aliphatic carbocycles. The van der Waals surface area contributed by atoms with Gasteiger partial charge in [-0.3, -0.25) is 0 Å². The number of alkyl carbamates (subject to hydrolysis) is 1. The number of hydrogen-bond acceptors (Lipinski definition) is 5. The molecule has 7 nitrogen and oxygen atoms in total. The van der Waals surface area contributed by atoms with Gasteiger partial charge in [-0.2, -0.15) is 13.2 Å². The van der Waals surface area contributed by atoms with Crippen molar-refractivity contribution in [1.29, 1.82) is 0 Å². The Balaban J connectivity index is 1.54. The van der Waals surface area contributed by atoms with Gasteiger partial charge in [0.25, 0.3) is 0 Å². The van der Waals surface area contributed by atoms with Crippen molar-refractivity contribution in [3.05, 3.63) is 30.7 Å². The second-order valence-corrected chi connectivity index (χ2v) is 6.68.